The molecule has 2 aliphatic rings. The molecule has 0 spiro atoms. The lowest BCUT2D eigenvalue weighted by molar-refractivity contribution is -0.107. The van der Waals surface area contributed by atoms with E-state index in [0.29, 0.717) is 6.04 Å². The summed E-state index contributed by atoms with van der Waals surface area (Å²) < 4.78 is 24.6. The van der Waals surface area contributed by atoms with E-state index in [9.17, 15) is 4.39 Å². The van der Waals surface area contributed by atoms with Gasteiger partial charge in [-0.3, -0.25) is 9.80 Å². The van der Waals surface area contributed by atoms with Crippen molar-refractivity contribution >= 4 is 0 Å². The molecule has 24 heavy (non-hydrogen) atoms. The van der Waals surface area contributed by atoms with E-state index in [2.05, 4.69) is 9.80 Å². The van der Waals surface area contributed by atoms with Crippen LogP contribution in [0.3, 0.4) is 0 Å². The van der Waals surface area contributed by atoms with E-state index in [-0.39, 0.29) is 11.7 Å². The third-order valence-electron chi connectivity index (χ3n) is 4.92. The summed E-state index contributed by atoms with van der Waals surface area (Å²) in [5, 5.41) is 8.98. The number of rotatable bonds is 5. The number of morpholine rings is 1. The van der Waals surface area contributed by atoms with Crippen molar-refractivity contribution in [3.8, 4) is 6.07 Å². The number of nitrogens with zero attached hydrogens (tertiary/aromatic N) is 3. The summed E-state index contributed by atoms with van der Waals surface area (Å²) in [6.07, 6.45) is 1.29. The van der Waals surface area contributed by atoms with Crippen LogP contribution < -0.4 is 0 Å². The van der Waals surface area contributed by atoms with Gasteiger partial charge >= 0.3 is 0 Å². The van der Waals surface area contributed by atoms with Crippen molar-refractivity contribution in [1.29, 1.82) is 5.26 Å². The fourth-order valence-corrected chi connectivity index (χ4v) is 3.65. The molecule has 0 aliphatic carbocycles. The highest BCUT2D eigenvalue weighted by molar-refractivity contribution is 5.34. The Balaban J connectivity index is 1.64. The van der Waals surface area contributed by atoms with Crippen LogP contribution in [0.15, 0.2) is 18.2 Å². The summed E-state index contributed by atoms with van der Waals surface area (Å²) in [5.41, 5.74) is 1.09. The van der Waals surface area contributed by atoms with E-state index >= 15 is 0 Å². The van der Waals surface area contributed by atoms with Crippen molar-refractivity contribution < 1.29 is 13.9 Å². The zero-order chi connectivity index (χ0) is 16.9. The minimum Gasteiger partial charge on any atom is -0.383 e. The molecule has 2 saturated heterocycles. The van der Waals surface area contributed by atoms with E-state index in [1.165, 1.54) is 6.07 Å². The van der Waals surface area contributed by atoms with Gasteiger partial charge in [-0.15, -0.1) is 0 Å². The van der Waals surface area contributed by atoms with Crippen LogP contribution >= 0.6 is 0 Å². The SMILES string of the molecule is COCCN1CCO[C@@H]2CCN(Cc3ccc(F)c(C#N)c3)C[C@H]21. The van der Waals surface area contributed by atoms with Crippen LogP contribution in [0.5, 0.6) is 0 Å². The van der Waals surface area contributed by atoms with Crippen molar-refractivity contribution in [2.24, 2.45) is 0 Å². The predicted molar refractivity (Wildman–Crippen MR) is 88.0 cm³/mol. The summed E-state index contributed by atoms with van der Waals surface area (Å²) in [4.78, 5) is 4.82. The molecule has 3 rings (SSSR count). The van der Waals surface area contributed by atoms with E-state index in [4.69, 9.17) is 14.7 Å². The maximum atomic E-state index is 13.5. The summed E-state index contributed by atoms with van der Waals surface area (Å²) in [6.45, 7) is 5.99. The zero-order valence-electron chi connectivity index (χ0n) is 14.1. The van der Waals surface area contributed by atoms with Crippen LogP contribution in [0.4, 0.5) is 4.39 Å². The second kappa shape index (κ2) is 8.04. The van der Waals surface area contributed by atoms with Gasteiger partial charge in [-0.25, -0.2) is 4.39 Å². The minimum atomic E-state index is -0.452. The van der Waals surface area contributed by atoms with Crippen molar-refractivity contribution in [3.63, 3.8) is 0 Å². The van der Waals surface area contributed by atoms with Gasteiger partial charge in [0.1, 0.15) is 11.9 Å². The highest BCUT2D eigenvalue weighted by atomic mass is 19.1. The van der Waals surface area contributed by atoms with Crippen LogP contribution in [-0.4, -0.2) is 68.4 Å². The smallest absolute Gasteiger partial charge is 0.140 e. The zero-order valence-corrected chi connectivity index (χ0v) is 14.1. The molecule has 0 N–H and O–H groups in total. The Bertz CT molecular complexity index is 604. The number of nitriles is 1. The first kappa shape index (κ1) is 17.3. The maximum absolute atomic E-state index is 13.5. The minimum absolute atomic E-state index is 0.116. The molecule has 6 heteroatoms. The first-order chi connectivity index (χ1) is 11.7. The highest BCUT2D eigenvalue weighted by Crippen LogP contribution is 2.24. The van der Waals surface area contributed by atoms with Crippen molar-refractivity contribution in [2.45, 2.75) is 25.1 Å². The molecule has 1 aromatic carbocycles. The van der Waals surface area contributed by atoms with Gasteiger partial charge in [-0.05, 0) is 24.1 Å². The number of likely N-dealkylation sites (tertiary alicyclic amines) is 1. The number of hydrogen-bond acceptors (Lipinski definition) is 5. The quantitative estimate of drug-likeness (QED) is 0.819. The molecule has 2 aliphatic heterocycles. The molecule has 2 fully saturated rings. The Hall–Kier alpha value is -1.52. The molecule has 0 saturated carbocycles. The van der Waals surface area contributed by atoms with E-state index < -0.39 is 5.82 Å². The Morgan fingerprint density at radius 1 is 1.42 bits per heavy atom. The Kier molecular flexibility index (Phi) is 5.80. The van der Waals surface area contributed by atoms with Crippen LogP contribution in [0.25, 0.3) is 0 Å². The van der Waals surface area contributed by atoms with Gasteiger partial charge in [0.2, 0.25) is 0 Å². The number of ether oxygens (including phenoxy) is 2. The van der Waals surface area contributed by atoms with E-state index in [1.54, 1.807) is 19.2 Å². The van der Waals surface area contributed by atoms with E-state index in [1.807, 2.05) is 6.07 Å². The fourth-order valence-electron chi connectivity index (χ4n) is 3.65. The van der Waals surface area contributed by atoms with E-state index in [0.717, 1.165) is 57.9 Å². The third kappa shape index (κ3) is 3.93. The van der Waals surface area contributed by atoms with Gasteiger partial charge < -0.3 is 9.47 Å². The number of benzene rings is 1. The Labute approximate surface area is 142 Å². The number of halogens is 1. The maximum Gasteiger partial charge on any atom is 0.140 e. The second-order valence-corrected chi connectivity index (χ2v) is 6.46. The van der Waals surface area contributed by atoms with Crippen molar-refractivity contribution in [2.75, 3.05) is 46.5 Å². The first-order valence-corrected chi connectivity index (χ1v) is 8.46. The molecule has 0 amide bonds. The average Bonchev–Trinajstić information content (AvgIpc) is 2.61. The van der Waals surface area contributed by atoms with Gasteiger partial charge in [0, 0.05) is 45.9 Å². The second-order valence-electron chi connectivity index (χ2n) is 6.46. The highest BCUT2D eigenvalue weighted by Gasteiger charge is 2.36. The summed E-state index contributed by atoms with van der Waals surface area (Å²) >= 11 is 0. The van der Waals surface area contributed by atoms with Gasteiger partial charge in [0.15, 0.2) is 0 Å². The van der Waals surface area contributed by atoms with Gasteiger partial charge in [0.05, 0.1) is 24.9 Å². The summed E-state index contributed by atoms with van der Waals surface area (Å²) in [6, 6.07) is 7.09. The monoisotopic (exact) mass is 333 g/mol. The standard InChI is InChI=1S/C18H24FN3O2/c1-23-8-6-22-7-9-24-18-4-5-21(13-17(18)22)12-14-2-3-16(19)15(10-14)11-20/h2-3,10,17-18H,4-9,12-13H2,1H3/t17-,18-/m1/s1. The van der Waals surface area contributed by atoms with Crippen molar-refractivity contribution in [3.05, 3.63) is 35.1 Å². The third-order valence-corrected chi connectivity index (χ3v) is 4.92. The summed E-state index contributed by atoms with van der Waals surface area (Å²) in [7, 11) is 1.73. The molecule has 130 valence electrons. The normalized spacial score (nSPS) is 25.2. The number of hydrogen-bond donors (Lipinski definition) is 0. The largest absolute Gasteiger partial charge is 0.383 e. The number of fused-ring (bicyclic) bond motifs is 1. The lowest BCUT2D eigenvalue weighted by atomic mass is 9.98. The topological polar surface area (TPSA) is 48.7 Å². The van der Waals surface area contributed by atoms with Crippen molar-refractivity contribution in [1.82, 2.24) is 9.80 Å². The molecule has 2 atom stereocenters. The molecule has 2 heterocycles. The predicted octanol–water partition coefficient (Wildman–Crippen LogP) is 1.62. The fraction of sp³-hybridized carbons (Fsp3) is 0.611. The molecular weight excluding hydrogens is 309 g/mol. The summed E-state index contributed by atoms with van der Waals surface area (Å²) in [5.74, 6) is -0.452. The lowest BCUT2D eigenvalue weighted by Crippen LogP contribution is -2.60. The van der Waals surface area contributed by atoms with Gasteiger partial charge in [-0.1, -0.05) is 6.07 Å². The van der Waals surface area contributed by atoms with Crippen LogP contribution in [0.2, 0.25) is 0 Å². The van der Waals surface area contributed by atoms with Crippen LogP contribution in [-0.2, 0) is 16.0 Å². The molecular formula is C18H24FN3O2. The molecule has 1 aromatic rings. The number of methoxy groups -OCH3 is 1. The van der Waals surface area contributed by atoms with Gasteiger partial charge in [-0.2, -0.15) is 5.26 Å². The average molecular weight is 333 g/mol. The Morgan fingerprint density at radius 3 is 3.08 bits per heavy atom. The number of piperidine rings is 1. The molecule has 0 unspecified atom stereocenters. The lowest BCUT2D eigenvalue weighted by Gasteiger charge is -2.47. The van der Waals surface area contributed by atoms with Crippen LogP contribution in [0.1, 0.15) is 17.5 Å². The van der Waals surface area contributed by atoms with Gasteiger partial charge in [0.25, 0.3) is 0 Å². The molecule has 0 radical (unpaired) electrons. The first-order valence-electron chi connectivity index (χ1n) is 8.46. The molecule has 5 nitrogen and oxygen atoms in total. The Morgan fingerprint density at radius 2 is 2.29 bits per heavy atom. The molecule has 0 bridgehead atoms. The van der Waals surface area contributed by atoms with Crippen LogP contribution in [0, 0.1) is 17.1 Å². The molecule has 0 aromatic heterocycles.